The molecular formula is C18H24BrIN4OS. The van der Waals surface area contributed by atoms with Gasteiger partial charge in [0.1, 0.15) is 0 Å². The number of thiophene rings is 1. The van der Waals surface area contributed by atoms with Crippen molar-refractivity contribution >= 4 is 63.1 Å². The SMILES string of the molecule is CN=C(NCCCNC(=O)c1ccc(Br)cc1)NCCc1cccs1.I. The maximum absolute atomic E-state index is 12.0. The molecule has 0 saturated carbocycles. The van der Waals surface area contributed by atoms with E-state index in [0.717, 1.165) is 36.4 Å². The van der Waals surface area contributed by atoms with Crippen LogP contribution in [0.3, 0.4) is 0 Å². The van der Waals surface area contributed by atoms with Gasteiger partial charge in [-0.2, -0.15) is 0 Å². The van der Waals surface area contributed by atoms with Crippen LogP contribution in [0.1, 0.15) is 21.7 Å². The quantitative estimate of drug-likeness (QED) is 0.203. The molecule has 8 heteroatoms. The third kappa shape index (κ3) is 8.50. The Morgan fingerprint density at radius 1 is 1.08 bits per heavy atom. The Bertz CT molecular complexity index is 677. The topological polar surface area (TPSA) is 65.5 Å². The van der Waals surface area contributed by atoms with Gasteiger partial charge in [-0.15, -0.1) is 35.3 Å². The average Bonchev–Trinajstić information content (AvgIpc) is 3.13. The largest absolute Gasteiger partial charge is 0.356 e. The van der Waals surface area contributed by atoms with Crippen molar-refractivity contribution in [2.24, 2.45) is 4.99 Å². The highest BCUT2D eigenvalue weighted by Gasteiger charge is 2.04. The van der Waals surface area contributed by atoms with Crippen LogP contribution in [-0.4, -0.2) is 38.5 Å². The molecule has 2 rings (SSSR count). The lowest BCUT2D eigenvalue weighted by Gasteiger charge is -2.11. The third-order valence-electron chi connectivity index (χ3n) is 3.51. The van der Waals surface area contributed by atoms with Crippen LogP contribution < -0.4 is 16.0 Å². The smallest absolute Gasteiger partial charge is 0.251 e. The van der Waals surface area contributed by atoms with Crippen molar-refractivity contribution in [2.45, 2.75) is 12.8 Å². The molecule has 0 radical (unpaired) electrons. The minimum absolute atomic E-state index is 0. The van der Waals surface area contributed by atoms with Crippen molar-refractivity contribution in [3.05, 3.63) is 56.7 Å². The molecule has 0 fully saturated rings. The van der Waals surface area contributed by atoms with Gasteiger partial charge in [-0.05, 0) is 48.6 Å². The zero-order valence-corrected chi connectivity index (χ0v) is 19.4. The zero-order chi connectivity index (χ0) is 17.9. The van der Waals surface area contributed by atoms with Crippen LogP contribution in [-0.2, 0) is 6.42 Å². The second kappa shape index (κ2) is 13.1. The Balaban J connectivity index is 0.00000338. The number of guanidine groups is 1. The fourth-order valence-corrected chi connectivity index (χ4v) is 3.15. The molecule has 0 atom stereocenters. The predicted octanol–water partition coefficient (Wildman–Crippen LogP) is 3.66. The highest BCUT2D eigenvalue weighted by Crippen LogP contribution is 2.10. The first kappa shape index (κ1) is 22.9. The Hall–Kier alpha value is -1.13. The first-order valence-electron chi connectivity index (χ1n) is 8.19. The Morgan fingerprint density at radius 2 is 1.77 bits per heavy atom. The summed E-state index contributed by atoms with van der Waals surface area (Å²) in [5.74, 6) is 0.738. The van der Waals surface area contributed by atoms with Gasteiger partial charge in [-0.3, -0.25) is 9.79 Å². The summed E-state index contributed by atoms with van der Waals surface area (Å²) >= 11 is 5.13. The fraction of sp³-hybridized carbons (Fsp3) is 0.333. The normalized spacial score (nSPS) is 10.8. The van der Waals surface area contributed by atoms with E-state index in [-0.39, 0.29) is 29.9 Å². The highest BCUT2D eigenvalue weighted by atomic mass is 127. The van der Waals surface area contributed by atoms with Gasteiger partial charge in [-0.25, -0.2) is 0 Å². The second-order valence-electron chi connectivity index (χ2n) is 5.37. The maximum atomic E-state index is 12.0. The number of amides is 1. The summed E-state index contributed by atoms with van der Waals surface area (Å²) < 4.78 is 0.964. The lowest BCUT2D eigenvalue weighted by atomic mass is 10.2. The number of aliphatic imine (C=N–C) groups is 1. The minimum atomic E-state index is -0.0500. The van der Waals surface area contributed by atoms with Gasteiger partial charge in [0.15, 0.2) is 5.96 Å². The van der Waals surface area contributed by atoms with Crippen molar-refractivity contribution < 1.29 is 4.79 Å². The monoisotopic (exact) mass is 550 g/mol. The van der Waals surface area contributed by atoms with Crippen molar-refractivity contribution in [3.63, 3.8) is 0 Å². The molecule has 0 spiro atoms. The van der Waals surface area contributed by atoms with Crippen molar-refractivity contribution in [1.82, 2.24) is 16.0 Å². The van der Waals surface area contributed by atoms with E-state index in [0.29, 0.717) is 12.1 Å². The van der Waals surface area contributed by atoms with E-state index in [9.17, 15) is 4.79 Å². The molecule has 0 unspecified atom stereocenters. The summed E-state index contributed by atoms with van der Waals surface area (Å²) in [6.45, 7) is 2.22. The van der Waals surface area contributed by atoms with E-state index < -0.39 is 0 Å². The lowest BCUT2D eigenvalue weighted by Crippen LogP contribution is -2.39. The van der Waals surface area contributed by atoms with Gasteiger partial charge in [0, 0.05) is 41.6 Å². The number of carbonyl (C=O) groups excluding carboxylic acids is 1. The molecule has 26 heavy (non-hydrogen) atoms. The summed E-state index contributed by atoms with van der Waals surface area (Å²) in [6, 6.07) is 11.5. The summed E-state index contributed by atoms with van der Waals surface area (Å²) in [4.78, 5) is 17.5. The van der Waals surface area contributed by atoms with Crippen molar-refractivity contribution in [2.75, 3.05) is 26.7 Å². The summed E-state index contributed by atoms with van der Waals surface area (Å²) in [6.07, 6.45) is 1.81. The number of carbonyl (C=O) groups is 1. The van der Waals surface area contributed by atoms with E-state index in [1.165, 1.54) is 4.88 Å². The van der Waals surface area contributed by atoms with E-state index in [4.69, 9.17) is 0 Å². The van der Waals surface area contributed by atoms with Gasteiger partial charge >= 0.3 is 0 Å². The Labute approximate surface area is 184 Å². The second-order valence-corrected chi connectivity index (χ2v) is 7.32. The van der Waals surface area contributed by atoms with Crippen LogP contribution >= 0.6 is 51.2 Å². The summed E-state index contributed by atoms with van der Waals surface area (Å²) in [5, 5.41) is 11.6. The number of nitrogens with zero attached hydrogens (tertiary/aromatic N) is 1. The van der Waals surface area contributed by atoms with Gasteiger partial charge in [0.2, 0.25) is 0 Å². The minimum Gasteiger partial charge on any atom is -0.356 e. The predicted molar refractivity (Wildman–Crippen MR) is 124 cm³/mol. The van der Waals surface area contributed by atoms with Crippen LogP contribution in [0.5, 0.6) is 0 Å². The zero-order valence-electron chi connectivity index (χ0n) is 14.6. The summed E-state index contributed by atoms with van der Waals surface area (Å²) in [7, 11) is 1.76. The van der Waals surface area contributed by atoms with Crippen LogP contribution in [0.15, 0.2) is 51.2 Å². The average molecular weight is 551 g/mol. The van der Waals surface area contributed by atoms with Crippen molar-refractivity contribution in [3.8, 4) is 0 Å². The number of hydrogen-bond acceptors (Lipinski definition) is 3. The van der Waals surface area contributed by atoms with Crippen LogP contribution in [0.4, 0.5) is 0 Å². The molecule has 0 aliphatic rings. The molecule has 1 amide bonds. The van der Waals surface area contributed by atoms with Crippen LogP contribution in [0.2, 0.25) is 0 Å². The number of halogens is 2. The highest BCUT2D eigenvalue weighted by molar-refractivity contribution is 14.0. The first-order chi connectivity index (χ1) is 12.2. The molecule has 1 heterocycles. The van der Waals surface area contributed by atoms with E-state index in [1.807, 2.05) is 12.1 Å². The lowest BCUT2D eigenvalue weighted by molar-refractivity contribution is 0.0953. The van der Waals surface area contributed by atoms with E-state index in [2.05, 4.69) is 54.4 Å². The van der Waals surface area contributed by atoms with E-state index >= 15 is 0 Å². The van der Waals surface area contributed by atoms with Crippen LogP contribution in [0, 0.1) is 0 Å². The standard InChI is InChI=1S/C18H23BrN4OS.HI/c1-20-18(23-12-9-16-4-2-13-25-16)22-11-3-10-21-17(24)14-5-7-15(19)8-6-14;/h2,4-8,13H,3,9-12H2,1H3,(H,21,24)(H2,20,22,23);1H. The van der Waals surface area contributed by atoms with Gasteiger partial charge in [0.25, 0.3) is 5.91 Å². The Morgan fingerprint density at radius 3 is 2.42 bits per heavy atom. The Kier molecular flexibility index (Phi) is 11.5. The number of rotatable bonds is 8. The molecule has 0 aliphatic carbocycles. The van der Waals surface area contributed by atoms with Crippen molar-refractivity contribution in [1.29, 1.82) is 0 Å². The molecular weight excluding hydrogens is 527 g/mol. The van der Waals surface area contributed by atoms with Crippen LogP contribution in [0.25, 0.3) is 0 Å². The number of hydrogen-bond donors (Lipinski definition) is 3. The molecule has 2 aromatic rings. The molecule has 0 saturated heterocycles. The number of benzene rings is 1. The van der Waals surface area contributed by atoms with Gasteiger partial charge in [0.05, 0.1) is 0 Å². The molecule has 0 bridgehead atoms. The summed E-state index contributed by atoms with van der Waals surface area (Å²) in [5.41, 5.74) is 0.669. The maximum Gasteiger partial charge on any atom is 0.251 e. The molecule has 3 N–H and O–H groups in total. The molecule has 1 aromatic carbocycles. The molecule has 0 aliphatic heterocycles. The number of nitrogens with one attached hydrogen (secondary N) is 3. The van der Waals surface area contributed by atoms with E-state index in [1.54, 1.807) is 30.5 Å². The molecule has 1 aromatic heterocycles. The molecule has 142 valence electrons. The molecule has 5 nitrogen and oxygen atoms in total. The first-order valence-corrected chi connectivity index (χ1v) is 9.87. The van der Waals surface area contributed by atoms with Gasteiger partial charge in [-0.1, -0.05) is 22.0 Å². The third-order valence-corrected chi connectivity index (χ3v) is 4.97. The van der Waals surface area contributed by atoms with Gasteiger partial charge < -0.3 is 16.0 Å². The fourth-order valence-electron chi connectivity index (χ4n) is 2.18.